The van der Waals surface area contributed by atoms with Crippen molar-refractivity contribution in [1.82, 2.24) is 0 Å². The molecule has 28 heavy (non-hydrogen) atoms. The normalized spacial score (nSPS) is 16.5. The van der Waals surface area contributed by atoms with Crippen molar-refractivity contribution in [1.29, 1.82) is 0 Å². The molecule has 0 spiro atoms. The van der Waals surface area contributed by atoms with Gasteiger partial charge in [-0.15, -0.1) is 0 Å². The highest BCUT2D eigenvalue weighted by Gasteiger charge is 2.33. The second kappa shape index (κ2) is 8.65. The van der Waals surface area contributed by atoms with Crippen molar-refractivity contribution in [3.05, 3.63) is 64.7 Å². The van der Waals surface area contributed by atoms with E-state index < -0.39 is 17.7 Å². The Bertz CT molecular complexity index is 833. The number of alkyl halides is 3. The fourth-order valence-corrected chi connectivity index (χ4v) is 3.33. The summed E-state index contributed by atoms with van der Waals surface area (Å²) in [5.41, 5.74) is 1.59. The van der Waals surface area contributed by atoms with Crippen molar-refractivity contribution in [3.63, 3.8) is 0 Å². The molecule has 0 saturated heterocycles. The Hall–Kier alpha value is -2.54. The van der Waals surface area contributed by atoms with E-state index in [1.807, 2.05) is 12.1 Å². The minimum Gasteiger partial charge on any atom is -0.489 e. The number of rotatable bonds is 7. The summed E-state index contributed by atoms with van der Waals surface area (Å²) in [6, 6.07) is 10.9. The number of hydrogen-bond donors (Lipinski definition) is 1. The number of ether oxygens (including phenoxy) is 2. The molecule has 3 rings (SSSR count). The lowest BCUT2D eigenvalue weighted by atomic mass is 9.89. The molecular formula is C21H21F3O4. The highest BCUT2D eigenvalue weighted by atomic mass is 19.4. The van der Waals surface area contributed by atoms with E-state index in [1.165, 1.54) is 12.1 Å². The van der Waals surface area contributed by atoms with Crippen LogP contribution in [0.25, 0.3) is 0 Å². The molecule has 7 heteroatoms. The van der Waals surface area contributed by atoms with Crippen LogP contribution in [0.1, 0.15) is 35.1 Å². The third-order valence-electron chi connectivity index (χ3n) is 4.75. The lowest BCUT2D eigenvalue weighted by molar-refractivity contribution is -0.139. The molecule has 0 fully saturated rings. The van der Waals surface area contributed by atoms with Gasteiger partial charge in [-0.05, 0) is 48.6 Å². The topological polar surface area (TPSA) is 55.8 Å². The highest BCUT2D eigenvalue weighted by Crippen LogP contribution is 2.33. The molecule has 0 aliphatic heterocycles. The minimum absolute atomic E-state index is 0.0164. The Morgan fingerprint density at radius 3 is 2.68 bits per heavy atom. The molecule has 0 radical (unpaired) electrons. The second-order valence-corrected chi connectivity index (χ2v) is 6.75. The Morgan fingerprint density at radius 1 is 1.14 bits per heavy atom. The standard InChI is InChI=1S/C21H21F3O4/c22-21(23,24)19-4-2-1-3-16(19)13-28-18-8-6-14-11-17(7-5-15(14)12-18)27-10-9-20(25)26/h1-4,6,8,12,17H,5,7,9-11,13H2,(H,25,26). The van der Waals surface area contributed by atoms with Crippen molar-refractivity contribution >= 4 is 5.97 Å². The summed E-state index contributed by atoms with van der Waals surface area (Å²) in [5, 5.41) is 8.67. The van der Waals surface area contributed by atoms with Gasteiger partial charge in [-0.3, -0.25) is 4.79 Å². The molecule has 2 aromatic rings. The Kier molecular flexibility index (Phi) is 6.24. The first-order chi connectivity index (χ1) is 13.3. The predicted molar refractivity (Wildman–Crippen MR) is 96.2 cm³/mol. The van der Waals surface area contributed by atoms with Crippen LogP contribution in [0.4, 0.5) is 13.2 Å². The van der Waals surface area contributed by atoms with Crippen molar-refractivity contribution in [2.45, 2.75) is 44.6 Å². The quantitative estimate of drug-likeness (QED) is 0.744. The molecule has 0 amide bonds. The van der Waals surface area contributed by atoms with Crippen molar-refractivity contribution in [2.24, 2.45) is 0 Å². The van der Waals surface area contributed by atoms with E-state index in [0.717, 1.165) is 30.0 Å². The monoisotopic (exact) mass is 394 g/mol. The van der Waals surface area contributed by atoms with Gasteiger partial charge in [0, 0.05) is 5.56 Å². The number of hydrogen-bond acceptors (Lipinski definition) is 3. The summed E-state index contributed by atoms with van der Waals surface area (Å²) in [5.74, 6) is -0.355. The maximum atomic E-state index is 13.1. The van der Waals surface area contributed by atoms with Gasteiger partial charge in [0.15, 0.2) is 0 Å². The van der Waals surface area contributed by atoms with Crippen LogP contribution in [0.15, 0.2) is 42.5 Å². The summed E-state index contributed by atoms with van der Waals surface area (Å²) < 4.78 is 50.4. The number of fused-ring (bicyclic) bond motifs is 1. The molecule has 1 atom stereocenters. The SMILES string of the molecule is O=C(O)CCOC1CCc2cc(OCc3ccccc3C(F)(F)F)ccc2C1. The van der Waals surface area contributed by atoms with E-state index in [0.29, 0.717) is 12.2 Å². The molecule has 0 bridgehead atoms. The number of halogens is 3. The molecule has 0 aromatic heterocycles. The zero-order valence-electron chi connectivity index (χ0n) is 15.2. The zero-order valence-corrected chi connectivity index (χ0v) is 15.2. The number of carboxylic acids is 1. The highest BCUT2D eigenvalue weighted by molar-refractivity contribution is 5.66. The fourth-order valence-electron chi connectivity index (χ4n) is 3.33. The molecule has 4 nitrogen and oxygen atoms in total. The third kappa shape index (κ3) is 5.25. The van der Waals surface area contributed by atoms with E-state index in [2.05, 4.69) is 0 Å². The lowest BCUT2D eigenvalue weighted by Crippen LogP contribution is -2.23. The Balaban J connectivity index is 1.61. The largest absolute Gasteiger partial charge is 0.489 e. The molecule has 150 valence electrons. The zero-order chi connectivity index (χ0) is 20.1. The van der Waals surface area contributed by atoms with E-state index in [1.54, 1.807) is 12.1 Å². The smallest absolute Gasteiger partial charge is 0.416 e. The van der Waals surface area contributed by atoms with Crippen LogP contribution in [-0.4, -0.2) is 23.8 Å². The molecule has 1 aliphatic carbocycles. The summed E-state index contributed by atoms with van der Waals surface area (Å²) in [7, 11) is 0. The van der Waals surface area contributed by atoms with Crippen LogP contribution in [0, 0.1) is 0 Å². The van der Waals surface area contributed by atoms with Gasteiger partial charge in [0.05, 0.1) is 24.7 Å². The van der Waals surface area contributed by atoms with E-state index in [9.17, 15) is 18.0 Å². The lowest BCUT2D eigenvalue weighted by Gasteiger charge is -2.25. The Morgan fingerprint density at radius 2 is 1.93 bits per heavy atom. The molecule has 0 heterocycles. The van der Waals surface area contributed by atoms with Gasteiger partial charge < -0.3 is 14.6 Å². The van der Waals surface area contributed by atoms with Gasteiger partial charge in [0.2, 0.25) is 0 Å². The van der Waals surface area contributed by atoms with Gasteiger partial charge in [0.1, 0.15) is 12.4 Å². The minimum atomic E-state index is -4.41. The van der Waals surface area contributed by atoms with Crippen LogP contribution >= 0.6 is 0 Å². The summed E-state index contributed by atoms with van der Waals surface area (Å²) in [4.78, 5) is 10.6. The van der Waals surface area contributed by atoms with Crippen molar-refractivity contribution in [3.8, 4) is 5.75 Å². The maximum Gasteiger partial charge on any atom is 0.416 e. The average Bonchev–Trinajstić information content (AvgIpc) is 2.65. The average molecular weight is 394 g/mol. The first-order valence-corrected chi connectivity index (χ1v) is 9.06. The molecule has 0 saturated carbocycles. The first kappa shape index (κ1) is 20.2. The number of aryl methyl sites for hydroxylation is 1. The number of aliphatic carboxylic acids is 1. The summed E-state index contributed by atoms with van der Waals surface area (Å²) >= 11 is 0. The van der Waals surface area contributed by atoms with Gasteiger partial charge in [-0.25, -0.2) is 0 Å². The molecule has 1 aliphatic rings. The van der Waals surface area contributed by atoms with Crippen LogP contribution in [0.5, 0.6) is 5.75 Å². The molecule has 1 N–H and O–H groups in total. The van der Waals surface area contributed by atoms with Crippen LogP contribution in [0.3, 0.4) is 0 Å². The number of carbonyl (C=O) groups is 1. The van der Waals surface area contributed by atoms with Crippen molar-refractivity contribution < 1.29 is 32.5 Å². The van der Waals surface area contributed by atoms with Gasteiger partial charge in [0.25, 0.3) is 0 Å². The van der Waals surface area contributed by atoms with Gasteiger partial charge in [-0.1, -0.05) is 24.3 Å². The van der Waals surface area contributed by atoms with Crippen LogP contribution in [-0.2, 0) is 35.2 Å². The van der Waals surface area contributed by atoms with Crippen LogP contribution in [0.2, 0.25) is 0 Å². The van der Waals surface area contributed by atoms with E-state index >= 15 is 0 Å². The fraction of sp³-hybridized carbons (Fsp3) is 0.381. The molecule has 1 unspecified atom stereocenters. The summed E-state index contributed by atoms with van der Waals surface area (Å²) in [6.07, 6.45) is -2.24. The Labute approximate surface area is 160 Å². The molecule has 2 aromatic carbocycles. The maximum absolute atomic E-state index is 13.1. The van der Waals surface area contributed by atoms with Crippen LogP contribution < -0.4 is 4.74 Å². The van der Waals surface area contributed by atoms with Gasteiger partial charge in [-0.2, -0.15) is 13.2 Å². The summed E-state index contributed by atoms with van der Waals surface area (Å²) in [6.45, 7) is 0.0323. The number of benzene rings is 2. The first-order valence-electron chi connectivity index (χ1n) is 9.06. The number of carboxylic acid groups (broad SMARTS) is 1. The van der Waals surface area contributed by atoms with Crippen molar-refractivity contribution in [2.75, 3.05) is 6.61 Å². The third-order valence-corrected chi connectivity index (χ3v) is 4.75. The molecular weight excluding hydrogens is 373 g/mol. The van der Waals surface area contributed by atoms with E-state index in [-0.39, 0.29) is 31.3 Å². The predicted octanol–water partition coefficient (Wildman–Crippen LogP) is 4.63. The van der Waals surface area contributed by atoms with Gasteiger partial charge >= 0.3 is 12.1 Å². The van der Waals surface area contributed by atoms with E-state index in [4.69, 9.17) is 14.6 Å². The second-order valence-electron chi connectivity index (χ2n) is 6.75.